The summed E-state index contributed by atoms with van der Waals surface area (Å²) in [6.07, 6.45) is 0.0390. The van der Waals surface area contributed by atoms with Crippen molar-refractivity contribution < 1.29 is 19.1 Å². The van der Waals surface area contributed by atoms with Gasteiger partial charge >= 0.3 is 5.97 Å². The zero-order valence-corrected chi connectivity index (χ0v) is 18.1. The van der Waals surface area contributed by atoms with E-state index in [1.54, 1.807) is 42.6 Å². The highest BCUT2D eigenvalue weighted by molar-refractivity contribution is 7.14. The Labute approximate surface area is 181 Å². The minimum absolute atomic E-state index is 0.0390. The number of aromatic nitrogens is 1. The smallest absolute Gasteiger partial charge is 0.312 e. The van der Waals surface area contributed by atoms with Gasteiger partial charge in [-0.15, -0.1) is 11.3 Å². The Morgan fingerprint density at radius 2 is 1.97 bits per heavy atom. The van der Waals surface area contributed by atoms with E-state index < -0.39 is 5.97 Å². The SMILES string of the molecule is CN(CCOc1ccc(Cl)cc1)C(=O)COC(=O)Cc1csc(-c2ccsc2)n1. The lowest BCUT2D eigenvalue weighted by Gasteiger charge is -2.17. The second-order valence-electron chi connectivity index (χ2n) is 6.11. The number of thiazole rings is 1. The average Bonchev–Trinajstić information content (AvgIpc) is 3.39. The number of hydrogen-bond donors (Lipinski definition) is 0. The summed E-state index contributed by atoms with van der Waals surface area (Å²) in [6.45, 7) is 0.384. The van der Waals surface area contributed by atoms with E-state index in [-0.39, 0.29) is 18.9 Å². The molecule has 0 saturated heterocycles. The van der Waals surface area contributed by atoms with Gasteiger partial charge in [0.05, 0.1) is 18.7 Å². The lowest BCUT2D eigenvalue weighted by Crippen LogP contribution is -2.34. The van der Waals surface area contributed by atoms with Crippen LogP contribution in [0.25, 0.3) is 10.6 Å². The summed E-state index contributed by atoms with van der Waals surface area (Å²) in [5.74, 6) is -0.103. The van der Waals surface area contributed by atoms with E-state index in [9.17, 15) is 9.59 Å². The summed E-state index contributed by atoms with van der Waals surface area (Å²) in [7, 11) is 1.63. The number of benzene rings is 1. The summed E-state index contributed by atoms with van der Waals surface area (Å²) in [5.41, 5.74) is 1.68. The Morgan fingerprint density at radius 1 is 1.17 bits per heavy atom. The number of rotatable bonds is 9. The van der Waals surface area contributed by atoms with Crippen molar-refractivity contribution in [3.05, 3.63) is 57.2 Å². The number of esters is 1. The zero-order valence-electron chi connectivity index (χ0n) is 15.7. The summed E-state index contributed by atoms with van der Waals surface area (Å²) in [5, 5.41) is 7.31. The van der Waals surface area contributed by atoms with Gasteiger partial charge in [-0.1, -0.05) is 11.6 Å². The largest absolute Gasteiger partial charge is 0.492 e. The van der Waals surface area contributed by atoms with Crippen molar-refractivity contribution in [2.24, 2.45) is 0 Å². The third-order valence-electron chi connectivity index (χ3n) is 3.94. The molecule has 1 aromatic carbocycles. The average molecular weight is 451 g/mol. The molecule has 0 fully saturated rings. The number of amides is 1. The Morgan fingerprint density at radius 3 is 2.69 bits per heavy atom. The molecule has 3 rings (SSSR count). The molecule has 0 aliphatic heterocycles. The fourth-order valence-corrected chi connectivity index (χ4v) is 3.97. The zero-order chi connectivity index (χ0) is 20.6. The van der Waals surface area contributed by atoms with Crippen LogP contribution in [-0.2, 0) is 20.7 Å². The highest BCUT2D eigenvalue weighted by atomic mass is 35.5. The second kappa shape index (κ2) is 10.4. The van der Waals surface area contributed by atoms with E-state index in [2.05, 4.69) is 4.98 Å². The molecule has 0 radical (unpaired) electrons. The molecule has 2 aromatic heterocycles. The van der Waals surface area contributed by atoms with Gasteiger partial charge in [0.25, 0.3) is 5.91 Å². The number of halogens is 1. The number of thiophene rings is 1. The van der Waals surface area contributed by atoms with Crippen LogP contribution in [0.3, 0.4) is 0 Å². The molecule has 1 amide bonds. The molecule has 0 aliphatic carbocycles. The number of nitrogens with zero attached hydrogens (tertiary/aromatic N) is 2. The predicted octanol–water partition coefficient (Wildman–Crippen LogP) is 4.15. The van der Waals surface area contributed by atoms with Gasteiger partial charge in [0.15, 0.2) is 6.61 Å². The van der Waals surface area contributed by atoms with Crippen LogP contribution >= 0.6 is 34.3 Å². The third kappa shape index (κ3) is 6.56. The highest BCUT2D eigenvalue weighted by Gasteiger charge is 2.14. The highest BCUT2D eigenvalue weighted by Crippen LogP contribution is 2.25. The van der Waals surface area contributed by atoms with Crippen molar-refractivity contribution in [2.45, 2.75) is 6.42 Å². The quantitative estimate of drug-likeness (QED) is 0.458. The van der Waals surface area contributed by atoms with Crippen molar-refractivity contribution >= 4 is 46.2 Å². The molecule has 0 bridgehead atoms. The molecular formula is C20H19ClN2O4S2. The number of ether oxygens (including phenoxy) is 2. The maximum Gasteiger partial charge on any atom is 0.312 e. The normalized spacial score (nSPS) is 10.6. The number of hydrogen-bond acceptors (Lipinski definition) is 7. The molecule has 9 heteroatoms. The predicted molar refractivity (Wildman–Crippen MR) is 115 cm³/mol. The Bertz CT molecular complexity index is 942. The Hall–Kier alpha value is -2.42. The fourth-order valence-electron chi connectivity index (χ4n) is 2.31. The van der Waals surface area contributed by atoms with Crippen LogP contribution in [0.1, 0.15) is 5.69 Å². The van der Waals surface area contributed by atoms with Crippen LogP contribution in [0.5, 0.6) is 5.75 Å². The molecule has 2 heterocycles. The van der Waals surface area contributed by atoms with Crippen LogP contribution in [0.2, 0.25) is 5.02 Å². The van der Waals surface area contributed by atoms with Gasteiger partial charge in [-0.25, -0.2) is 4.98 Å². The minimum atomic E-state index is -0.480. The fraction of sp³-hybridized carbons (Fsp3) is 0.250. The van der Waals surface area contributed by atoms with Crippen LogP contribution in [0, 0.1) is 0 Å². The van der Waals surface area contributed by atoms with Crippen LogP contribution < -0.4 is 4.74 Å². The van der Waals surface area contributed by atoms with Gasteiger partial charge in [-0.05, 0) is 35.7 Å². The molecular weight excluding hydrogens is 432 g/mol. The standard InChI is InChI=1S/C20H19ClN2O4S2/c1-23(7-8-26-17-4-2-15(21)3-5-17)18(24)11-27-19(25)10-16-13-29-20(22-16)14-6-9-28-12-14/h2-6,9,12-13H,7-8,10-11H2,1H3. The summed E-state index contributed by atoms with van der Waals surface area (Å²) in [6, 6.07) is 8.97. The molecule has 0 saturated carbocycles. The first-order valence-corrected chi connectivity index (χ1v) is 11.0. The van der Waals surface area contributed by atoms with Crippen LogP contribution in [0.15, 0.2) is 46.5 Å². The summed E-state index contributed by atoms with van der Waals surface area (Å²) >= 11 is 8.89. The van der Waals surface area contributed by atoms with E-state index >= 15 is 0 Å². The summed E-state index contributed by atoms with van der Waals surface area (Å²) < 4.78 is 10.6. The Balaban J connectivity index is 1.36. The molecule has 3 aromatic rings. The van der Waals surface area contributed by atoms with E-state index in [1.807, 2.05) is 22.2 Å². The molecule has 0 aliphatic rings. The van der Waals surface area contributed by atoms with Crippen molar-refractivity contribution in [3.63, 3.8) is 0 Å². The number of carbonyl (C=O) groups is 2. The lowest BCUT2D eigenvalue weighted by atomic mass is 10.3. The molecule has 6 nitrogen and oxygen atoms in total. The van der Waals surface area contributed by atoms with Gasteiger partial charge < -0.3 is 14.4 Å². The first-order chi connectivity index (χ1) is 14.0. The van der Waals surface area contributed by atoms with Gasteiger partial charge in [-0.2, -0.15) is 11.3 Å². The maximum absolute atomic E-state index is 12.1. The van der Waals surface area contributed by atoms with Crippen LogP contribution in [0.4, 0.5) is 0 Å². The van der Waals surface area contributed by atoms with Gasteiger partial charge in [0, 0.05) is 28.4 Å². The molecule has 0 atom stereocenters. The van der Waals surface area contributed by atoms with Crippen molar-refractivity contribution in [2.75, 3.05) is 26.8 Å². The van der Waals surface area contributed by atoms with Gasteiger partial charge in [0.2, 0.25) is 0 Å². The van der Waals surface area contributed by atoms with E-state index in [4.69, 9.17) is 21.1 Å². The van der Waals surface area contributed by atoms with E-state index in [1.165, 1.54) is 16.2 Å². The van der Waals surface area contributed by atoms with Crippen molar-refractivity contribution in [3.8, 4) is 16.3 Å². The second-order valence-corrected chi connectivity index (χ2v) is 8.19. The first-order valence-electron chi connectivity index (χ1n) is 8.76. The topological polar surface area (TPSA) is 68.7 Å². The molecule has 29 heavy (non-hydrogen) atoms. The van der Waals surface area contributed by atoms with Gasteiger partial charge in [0.1, 0.15) is 17.4 Å². The van der Waals surface area contributed by atoms with Crippen LogP contribution in [-0.4, -0.2) is 48.6 Å². The van der Waals surface area contributed by atoms with Crippen molar-refractivity contribution in [1.29, 1.82) is 0 Å². The van der Waals surface area contributed by atoms with E-state index in [0.717, 1.165) is 10.6 Å². The summed E-state index contributed by atoms with van der Waals surface area (Å²) in [4.78, 5) is 30.0. The monoisotopic (exact) mass is 450 g/mol. The molecule has 0 N–H and O–H groups in total. The lowest BCUT2D eigenvalue weighted by molar-refractivity contribution is -0.151. The van der Waals surface area contributed by atoms with Crippen molar-refractivity contribution in [1.82, 2.24) is 9.88 Å². The third-order valence-corrected chi connectivity index (χ3v) is 5.81. The molecule has 152 valence electrons. The number of likely N-dealkylation sites (N-methyl/N-ethyl adjacent to an activating group) is 1. The minimum Gasteiger partial charge on any atom is -0.492 e. The number of carbonyl (C=O) groups excluding carboxylic acids is 2. The van der Waals surface area contributed by atoms with Gasteiger partial charge in [-0.3, -0.25) is 9.59 Å². The molecule has 0 unspecified atom stereocenters. The Kier molecular flexibility index (Phi) is 7.62. The van der Waals surface area contributed by atoms with E-state index in [0.29, 0.717) is 29.6 Å². The maximum atomic E-state index is 12.1. The first kappa shape index (κ1) is 21.3. The molecule has 0 spiro atoms.